The molecule has 2 aliphatic rings. The number of carbonyl (C=O) groups excluding carboxylic acids is 4. The molecule has 206 valence electrons. The van der Waals surface area contributed by atoms with Crippen LogP contribution in [0.1, 0.15) is 41.0 Å². The summed E-state index contributed by atoms with van der Waals surface area (Å²) in [7, 11) is 0. The zero-order chi connectivity index (χ0) is 29.2. The molecule has 0 aliphatic heterocycles. The average Bonchev–Trinajstić information content (AvgIpc) is 3.43. The summed E-state index contributed by atoms with van der Waals surface area (Å²) in [5.74, 6) is -4.83. The van der Waals surface area contributed by atoms with E-state index in [1.165, 1.54) is 36.4 Å². The number of halogens is 3. The predicted octanol–water partition coefficient (Wildman–Crippen LogP) is 5.27. The quantitative estimate of drug-likeness (QED) is 0.296. The highest BCUT2D eigenvalue weighted by molar-refractivity contribution is 6.23. The summed E-state index contributed by atoms with van der Waals surface area (Å²) in [4.78, 5) is 50.1. The molecular formula is C31H25F3O6. The van der Waals surface area contributed by atoms with Crippen LogP contribution in [0, 0.1) is 0 Å². The van der Waals surface area contributed by atoms with Crippen LogP contribution in [0.2, 0.25) is 0 Å². The van der Waals surface area contributed by atoms with E-state index in [-0.39, 0.29) is 47.0 Å². The minimum Gasteiger partial charge on any atom is -0.489 e. The third-order valence-corrected chi connectivity index (χ3v) is 7.04. The first-order valence-corrected chi connectivity index (χ1v) is 12.3. The van der Waals surface area contributed by atoms with E-state index in [2.05, 4.69) is 13.2 Å². The first-order chi connectivity index (χ1) is 18.9. The van der Waals surface area contributed by atoms with Gasteiger partial charge < -0.3 is 9.47 Å². The molecule has 0 radical (unpaired) electrons. The fourth-order valence-corrected chi connectivity index (χ4v) is 4.83. The van der Waals surface area contributed by atoms with Crippen LogP contribution < -0.4 is 9.47 Å². The SMILES string of the molecule is C=CCOc1ccc(C(C)(c2ccc(OCC=C)c(C3C(=O)C=CC3=O)c2)C(F)(F)F)cc1C1C(=O)C=CC1=O. The number of hydrogen-bond acceptors (Lipinski definition) is 6. The van der Waals surface area contributed by atoms with Crippen LogP contribution >= 0.6 is 0 Å². The maximum atomic E-state index is 15.0. The number of hydrogen-bond donors (Lipinski definition) is 0. The zero-order valence-electron chi connectivity index (χ0n) is 21.5. The molecule has 0 N–H and O–H groups in total. The summed E-state index contributed by atoms with van der Waals surface area (Å²) in [5, 5.41) is 0. The highest BCUT2D eigenvalue weighted by Crippen LogP contribution is 2.49. The van der Waals surface area contributed by atoms with Crippen molar-refractivity contribution in [1.29, 1.82) is 0 Å². The second-order valence-electron chi connectivity index (χ2n) is 9.47. The molecule has 2 aromatic rings. The Morgan fingerprint density at radius 2 is 1.05 bits per heavy atom. The molecule has 2 aromatic carbocycles. The molecule has 0 bridgehead atoms. The smallest absolute Gasteiger partial charge is 0.402 e. The van der Waals surface area contributed by atoms with Gasteiger partial charge in [0.1, 0.15) is 42.0 Å². The minimum absolute atomic E-state index is 0.00156. The standard InChI is InChI=1S/C31H25F3O6/c1-4-14-39-26-12-6-18(16-20(26)28-22(35)8-9-23(28)36)30(3,31(32,33)34)19-7-13-27(40-15-5-2)21(17-19)29-24(37)10-11-25(29)38/h4-13,16-17,28-29H,1-2,14-15H2,3H3. The van der Waals surface area contributed by atoms with Crippen LogP contribution in [0.25, 0.3) is 0 Å². The Morgan fingerprint density at radius 3 is 1.35 bits per heavy atom. The molecule has 0 heterocycles. The minimum atomic E-state index is -4.89. The summed E-state index contributed by atoms with van der Waals surface area (Å²) in [5.41, 5.74) is -3.26. The van der Waals surface area contributed by atoms with Crippen molar-refractivity contribution in [2.75, 3.05) is 13.2 Å². The first-order valence-electron chi connectivity index (χ1n) is 12.3. The van der Waals surface area contributed by atoms with Gasteiger partial charge in [-0.25, -0.2) is 0 Å². The van der Waals surface area contributed by atoms with E-state index in [9.17, 15) is 19.2 Å². The summed E-state index contributed by atoms with van der Waals surface area (Å²) in [6.45, 7) is 8.05. The maximum Gasteiger partial charge on any atom is 0.402 e. The van der Waals surface area contributed by atoms with Crippen LogP contribution in [0.4, 0.5) is 13.2 Å². The van der Waals surface area contributed by atoms with Crippen LogP contribution in [-0.2, 0) is 24.6 Å². The molecule has 9 heteroatoms. The van der Waals surface area contributed by atoms with Crippen LogP contribution in [-0.4, -0.2) is 42.5 Å². The monoisotopic (exact) mass is 550 g/mol. The third kappa shape index (κ3) is 4.95. The van der Waals surface area contributed by atoms with E-state index in [1.54, 1.807) is 0 Å². The van der Waals surface area contributed by atoms with Crippen molar-refractivity contribution in [1.82, 2.24) is 0 Å². The van der Waals surface area contributed by atoms with Gasteiger partial charge in [-0.3, -0.25) is 19.2 Å². The van der Waals surface area contributed by atoms with Gasteiger partial charge in [-0.1, -0.05) is 37.4 Å². The van der Waals surface area contributed by atoms with Crippen LogP contribution in [0.3, 0.4) is 0 Å². The summed E-state index contributed by atoms with van der Waals surface area (Å²) in [6.07, 6.45) is 2.28. The van der Waals surface area contributed by atoms with Crippen molar-refractivity contribution in [2.24, 2.45) is 0 Å². The summed E-state index contributed by atoms with van der Waals surface area (Å²) in [6, 6.07) is 7.29. The summed E-state index contributed by atoms with van der Waals surface area (Å²) < 4.78 is 56.2. The lowest BCUT2D eigenvalue weighted by Crippen LogP contribution is -2.41. The molecule has 6 nitrogen and oxygen atoms in total. The van der Waals surface area contributed by atoms with Crippen molar-refractivity contribution in [3.63, 3.8) is 0 Å². The van der Waals surface area contributed by atoms with Gasteiger partial charge in [0.25, 0.3) is 0 Å². The first kappa shape index (κ1) is 28.5. The molecule has 4 rings (SSSR count). The van der Waals surface area contributed by atoms with Gasteiger partial charge in [0.2, 0.25) is 0 Å². The van der Waals surface area contributed by atoms with Gasteiger partial charge in [0.05, 0.1) is 0 Å². The molecule has 0 aromatic heterocycles. The molecule has 0 unspecified atom stereocenters. The third-order valence-electron chi connectivity index (χ3n) is 7.04. The van der Waals surface area contributed by atoms with Crippen molar-refractivity contribution in [2.45, 2.75) is 30.4 Å². The second kappa shape index (κ2) is 10.9. The van der Waals surface area contributed by atoms with Gasteiger partial charge in [-0.05, 0) is 66.6 Å². The Bertz CT molecular complexity index is 1340. The van der Waals surface area contributed by atoms with E-state index in [4.69, 9.17) is 9.47 Å². The number of ketones is 4. The fraction of sp³-hybridized carbons (Fsp3) is 0.226. The van der Waals surface area contributed by atoms with Crippen molar-refractivity contribution in [3.05, 3.63) is 108 Å². The molecule has 0 saturated carbocycles. The molecule has 0 spiro atoms. The molecule has 0 atom stereocenters. The zero-order valence-corrected chi connectivity index (χ0v) is 21.5. The highest BCUT2D eigenvalue weighted by Gasteiger charge is 2.54. The number of ether oxygens (including phenoxy) is 2. The van der Waals surface area contributed by atoms with Crippen molar-refractivity contribution in [3.8, 4) is 11.5 Å². The van der Waals surface area contributed by atoms with Crippen molar-refractivity contribution < 1.29 is 41.8 Å². The molecule has 0 amide bonds. The Balaban J connectivity index is 1.93. The number of carbonyl (C=O) groups is 4. The number of allylic oxidation sites excluding steroid dienone is 4. The summed E-state index contributed by atoms with van der Waals surface area (Å²) >= 11 is 0. The molecule has 0 fully saturated rings. The predicted molar refractivity (Wildman–Crippen MR) is 141 cm³/mol. The Morgan fingerprint density at radius 1 is 0.700 bits per heavy atom. The van der Waals surface area contributed by atoms with Crippen LogP contribution in [0.5, 0.6) is 11.5 Å². The molecule has 40 heavy (non-hydrogen) atoms. The topological polar surface area (TPSA) is 86.7 Å². The lowest BCUT2D eigenvalue weighted by molar-refractivity contribution is -0.173. The Labute approximate surface area is 228 Å². The lowest BCUT2D eigenvalue weighted by atomic mass is 9.73. The van der Waals surface area contributed by atoms with E-state index in [0.29, 0.717) is 0 Å². The lowest BCUT2D eigenvalue weighted by Gasteiger charge is -2.35. The maximum absolute atomic E-state index is 15.0. The van der Waals surface area contributed by atoms with E-state index < -0.39 is 46.6 Å². The number of rotatable bonds is 10. The van der Waals surface area contributed by atoms with Crippen LogP contribution in [0.15, 0.2) is 86.0 Å². The normalized spacial score (nSPS) is 16.2. The second-order valence-corrected chi connectivity index (χ2v) is 9.47. The van der Waals surface area contributed by atoms with Gasteiger partial charge in [0, 0.05) is 11.1 Å². The van der Waals surface area contributed by atoms with Crippen molar-refractivity contribution >= 4 is 23.1 Å². The Kier molecular flexibility index (Phi) is 7.77. The van der Waals surface area contributed by atoms with E-state index in [1.807, 2.05) is 0 Å². The number of benzene rings is 2. The van der Waals surface area contributed by atoms with E-state index in [0.717, 1.165) is 43.4 Å². The largest absolute Gasteiger partial charge is 0.489 e. The molecule has 0 saturated heterocycles. The Hall–Kier alpha value is -4.53. The van der Waals surface area contributed by atoms with Gasteiger partial charge in [-0.2, -0.15) is 13.2 Å². The molecule has 2 aliphatic carbocycles. The number of alkyl halides is 3. The fourth-order valence-electron chi connectivity index (χ4n) is 4.83. The highest BCUT2D eigenvalue weighted by atomic mass is 19.4. The van der Waals surface area contributed by atoms with Gasteiger partial charge in [-0.15, -0.1) is 0 Å². The molecular weight excluding hydrogens is 525 g/mol. The van der Waals surface area contributed by atoms with Gasteiger partial charge in [0.15, 0.2) is 23.1 Å². The average molecular weight is 551 g/mol. The van der Waals surface area contributed by atoms with Gasteiger partial charge >= 0.3 is 6.18 Å². The van der Waals surface area contributed by atoms with E-state index >= 15 is 13.2 Å².